The molecule has 37 heavy (non-hydrogen) atoms. The minimum Gasteiger partial charge on any atom is -0.497 e. The molecule has 0 saturated carbocycles. The molecule has 3 amide bonds. The molecule has 0 aromatic heterocycles. The highest BCUT2D eigenvalue weighted by molar-refractivity contribution is 7.80. The number of aryl methyl sites for hydroxylation is 1. The maximum Gasteiger partial charge on any atom is 0.408 e. The molecule has 0 bridgehead atoms. The third-order valence-corrected chi connectivity index (χ3v) is 6.17. The van der Waals surface area contributed by atoms with Crippen molar-refractivity contribution in [2.75, 3.05) is 18.2 Å². The van der Waals surface area contributed by atoms with Gasteiger partial charge in [0, 0.05) is 17.5 Å². The number of ether oxygens (including phenoxy) is 2. The third-order valence-electron chi connectivity index (χ3n) is 5.81. The number of nitrogens with one attached hydrogen (secondary N) is 2. The molecule has 2 aromatic rings. The number of amides is 3. The normalized spacial score (nSPS) is 12.9. The molecular weight excluding hydrogens is 490 g/mol. The highest BCUT2D eigenvalue weighted by atomic mass is 32.1. The van der Waals surface area contributed by atoms with Gasteiger partial charge in [-0.3, -0.25) is 9.59 Å². The topological polar surface area (TPSA) is 97.0 Å². The summed E-state index contributed by atoms with van der Waals surface area (Å²) >= 11 is 4.32. The summed E-state index contributed by atoms with van der Waals surface area (Å²) in [7, 11) is 1.57. The van der Waals surface area contributed by atoms with Crippen LogP contribution in [0.25, 0.3) is 0 Å². The fourth-order valence-electron chi connectivity index (χ4n) is 3.87. The van der Waals surface area contributed by atoms with Crippen LogP contribution in [0.3, 0.4) is 0 Å². The molecule has 2 aromatic carbocycles. The first-order chi connectivity index (χ1) is 17.3. The number of rotatable bonds is 9. The standard InChI is InChI=1S/C28H39N3O5S/c1-17(2)31(26(33)23(16-37)30-27(34)36-28(5,6)7)24(22-11-9-10-18(3)19(22)4)25(32)29-20-12-14-21(35-8)15-13-20/h9-15,17,23-24,37H,16H2,1-8H3,(H,29,32)(H,30,34). The van der Waals surface area contributed by atoms with Gasteiger partial charge in [0.1, 0.15) is 23.4 Å². The van der Waals surface area contributed by atoms with Crippen molar-refractivity contribution in [3.63, 3.8) is 0 Å². The molecule has 0 aliphatic rings. The van der Waals surface area contributed by atoms with Crippen LogP contribution in [0.15, 0.2) is 42.5 Å². The Kier molecular flexibility index (Phi) is 10.4. The Hall–Kier alpha value is -3.20. The van der Waals surface area contributed by atoms with Crippen LogP contribution in [0.5, 0.6) is 5.75 Å². The first kappa shape index (κ1) is 30.0. The average molecular weight is 530 g/mol. The maximum atomic E-state index is 13.9. The molecule has 2 N–H and O–H groups in total. The number of alkyl carbamates (subject to hydrolysis) is 1. The molecule has 2 atom stereocenters. The summed E-state index contributed by atoms with van der Waals surface area (Å²) in [5.41, 5.74) is 2.43. The Morgan fingerprint density at radius 3 is 2.16 bits per heavy atom. The minimum absolute atomic E-state index is 0.0287. The molecule has 0 aliphatic carbocycles. The number of carbonyl (C=O) groups excluding carboxylic acids is 3. The van der Waals surface area contributed by atoms with Crippen LogP contribution in [0.2, 0.25) is 0 Å². The van der Waals surface area contributed by atoms with Gasteiger partial charge >= 0.3 is 6.09 Å². The van der Waals surface area contributed by atoms with E-state index in [1.165, 1.54) is 4.90 Å². The summed E-state index contributed by atoms with van der Waals surface area (Å²) in [6.45, 7) is 12.8. The number of hydrogen-bond donors (Lipinski definition) is 3. The molecule has 0 radical (unpaired) electrons. The molecule has 2 unspecified atom stereocenters. The Balaban J connectivity index is 2.50. The zero-order chi connectivity index (χ0) is 27.9. The van der Waals surface area contributed by atoms with E-state index in [1.54, 1.807) is 52.1 Å². The van der Waals surface area contributed by atoms with Gasteiger partial charge < -0.3 is 25.0 Å². The number of anilines is 1. The Morgan fingerprint density at radius 2 is 1.65 bits per heavy atom. The molecule has 202 valence electrons. The van der Waals surface area contributed by atoms with Gasteiger partial charge in [-0.05, 0) is 89.4 Å². The van der Waals surface area contributed by atoms with E-state index in [0.717, 1.165) is 11.1 Å². The van der Waals surface area contributed by atoms with Gasteiger partial charge in [0.05, 0.1) is 7.11 Å². The molecule has 9 heteroatoms. The summed E-state index contributed by atoms with van der Waals surface area (Å²) in [6, 6.07) is 10.3. The summed E-state index contributed by atoms with van der Waals surface area (Å²) < 4.78 is 10.5. The monoisotopic (exact) mass is 529 g/mol. The highest BCUT2D eigenvalue weighted by Crippen LogP contribution is 2.30. The smallest absolute Gasteiger partial charge is 0.408 e. The maximum absolute atomic E-state index is 13.9. The van der Waals surface area contributed by atoms with E-state index < -0.39 is 29.7 Å². The van der Waals surface area contributed by atoms with Crippen LogP contribution in [0.4, 0.5) is 10.5 Å². The molecule has 0 saturated heterocycles. The first-order valence-electron chi connectivity index (χ1n) is 12.2. The quantitative estimate of drug-likeness (QED) is 0.395. The lowest BCUT2D eigenvalue weighted by atomic mass is 9.94. The molecular formula is C28H39N3O5S. The van der Waals surface area contributed by atoms with Gasteiger partial charge in [-0.25, -0.2) is 4.79 Å². The lowest BCUT2D eigenvalue weighted by Crippen LogP contribution is -2.55. The predicted molar refractivity (Wildman–Crippen MR) is 149 cm³/mol. The van der Waals surface area contributed by atoms with Crippen LogP contribution in [-0.4, -0.2) is 53.4 Å². The number of hydrogen-bond acceptors (Lipinski definition) is 6. The van der Waals surface area contributed by atoms with E-state index in [2.05, 4.69) is 23.3 Å². The summed E-state index contributed by atoms with van der Waals surface area (Å²) in [5, 5.41) is 5.56. The summed E-state index contributed by atoms with van der Waals surface area (Å²) in [5.74, 6) is -0.128. The number of nitrogens with zero attached hydrogens (tertiary/aromatic N) is 1. The van der Waals surface area contributed by atoms with Crippen molar-refractivity contribution in [2.45, 2.75) is 72.2 Å². The number of thiol groups is 1. The summed E-state index contributed by atoms with van der Waals surface area (Å²) in [6.07, 6.45) is -0.727. The fraction of sp³-hybridized carbons (Fsp3) is 0.464. The Morgan fingerprint density at radius 1 is 1.03 bits per heavy atom. The van der Waals surface area contributed by atoms with E-state index >= 15 is 0 Å². The fourth-order valence-corrected chi connectivity index (χ4v) is 4.11. The van der Waals surface area contributed by atoms with E-state index in [4.69, 9.17) is 9.47 Å². The van der Waals surface area contributed by atoms with Crippen molar-refractivity contribution in [1.29, 1.82) is 0 Å². The largest absolute Gasteiger partial charge is 0.497 e. The summed E-state index contributed by atoms with van der Waals surface area (Å²) in [4.78, 5) is 41.7. The van der Waals surface area contributed by atoms with E-state index in [1.807, 2.05) is 45.9 Å². The molecule has 0 fully saturated rings. The lowest BCUT2D eigenvalue weighted by molar-refractivity contribution is -0.142. The van der Waals surface area contributed by atoms with Crippen LogP contribution < -0.4 is 15.4 Å². The van der Waals surface area contributed by atoms with E-state index in [0.29, 0.717) is 17.0 Å². The predicted octanol–water partition coefficient (Wildman–Crippen LogP) is 5.05. The Labute approximate surface area is 225 Å². The molecule has 2 rings (SSSR count). The van der Waals surface area contributed by atoms with Crippen LogP contribution in [0, 0.1) is 13.8 Å². The number of benzene rings is 2. The van der Waals surface area contributed by atoms with Gasteiger partial charge in [-0.2, -0.15) is 12.6 Å². The van der Waals surface area contributed by atoms with Crippen LogP contribution in [0.1, 0.15) is 57.4 Å². The first-order valence-corrected chi connectivity index (χ1v) is 12.9. The lowest BCUT2D eigenvalue weighted by Gasteiger charge is -2.37. The SMILES string of the molecule is COc1ccc(NC(=O)C(c2cccc(C)c2C)N(C(=O)C(CS)NC(=O)OC(C)(C)C)C(C)C)cc1. The van der Waals surface area contributed by atoms with Crippen molar-refractivity contribution in [3.05, 3.63) is 59.2 Å². The molecule has 0 aliphatic heterocycles. The van der Waals surface area contributed by atoms with Crippen molar-refractivity contribution in [3.8, 4) is 5.75 Å². The zero-order valence-electron chi connectivity index (χ0n) is 22.9. The van der Waals surface area contributed by atoms with Crippen LogP contribution in [-0.2, 0) is 14.3 Å². The van der Waals surface area contributed by atoms with E-state index in [9.17, 15) is 14.4 Å². The average Bonchev–Trinajstić information content (AvgIpc) is 2.81. The Bertz CT molecular complexity index is 1100. The molecule has 0 spiro atoms. The van der Waals surface area contributed by atoms with Gasteiger partial charge in [-0.1, -0.05) is 18.2 Å². The zero-order valence-corrected chi connectivity index (χ0v) is 23.8. The van der Waals surface area contributed by atoms with Crippen molar-refractivity contribution < 1.29 is 23.9 Å². The minimum atomic E-state index is -0.998. The van der Waals surface area contributed by atoms with Gasteiger partial charge in [0.25, 0.3) is 5.91 Å². The second kappa shape index (κ2) is 12.9. The van der Waals surface area contributed by atoms with Gasteiger partial charge in [0.15, 0.2) is 0 Å². The van der Waals surface area contributed by atoms with Gasteiger partial charge in [-0.15, -0.1) is 0 Å². The number of methoxy groups -OCH3 is 1. The number of carbonyl (C=O) groups is 3. The second-order valence-electron chi connectivity index (χ2n) is 10.1. The molecule has 8 nitrogen and oxygen atoms in total. The van der Waals surface area contributed by atoms with Crippen molar-refractivity contribution >= 4 is 36.2 Å². The van der Waals surface area contributed by atoms with Crippen LogP contribution >= 0.6 is 12.6 Å². The van der Waals surface area contributed by atoms with E-state index in [-0.39, 0.29) is 17.7 Å². The molecule has 0 heterocycles. The van der Waals surface area contributed by atoms with Gasteiger partial charge in [0.2, 0.25) is 5.91 Å². The second-order valence-corrected chi connectivity index (χ2v) is 10.5. The highest BCUT2D eigenvalue weighted by Gasteiger charge is 2.38. The van der Waals surface area contributed by atoms with Crippen molar-refractivity contribution in [1.82, 2.24) is 10.2 Å². The third kappa shape index (κ3) is 8.15. The van der Waals surface area contributed by atoms with Crippen molar-refractivity contribution in [2.24, 2.45) is 0 Å².